The van der Waals surface area contributed by atoms with E-state index in [0.29, 0.717) is 16.7 Å². The van der Waals surface area contributed by atoms with Crippen molar-refractivity contribution in [2.24, 2.45) is 4.99 Å². The number of benzene rings is 1. The summed E-state index contributed by atoms with van der Waals surface area (Å²) in [6.45, 7) is 0.366. The van der Waals surface area contributed by atoms with Gasteiger partial charge >= 0.3 is 5.97 Å². The van der Waals surface area contributed by atoms with Gasteiger partial charge in [0.25, 0.3) is 0 Å². The Morgan fingerprint density at radius 2 is 2.00 bits per heavy atom. The van der Waals surface area contributed by atoms with Gasteiger partial charge in [-0.3, -0.25) is 9.59 Å². The molecule has 27 heavy (non-hydrogen) atoms. The standard InChI is InChI=1S/C17H19ClN2O5S2/c18-12-5-2-1-4-11(12)8-20-13-9-27(24,25)10-14(13)26-17(20)19-15(21)6-3-7-16(22)23/h1-2,4-5,13-14H,3,6-10H2,(H,22,23)/t13-,14-/m1/s1. The number of halogens is 1. The van der Waals surface area contributed by atoms with Crippen LogP contribution in [-0.4, -0.2) is 58.3 Å². The number of carboxylic acids is 1. The van der Waals surface area contributed by atoms with E-state index in [4.69, 9.17) is 16.7 Å². The van der Waals surface area contributed by atoms with Gasteiger partial charge in [-0.05, 0) is 18.1 Å². The van der Waals surface area contributed by atoms with Crippen molar-refractivity contribution in [2.45, 2.75) is 37.1 Å². The number of amidine groups is 1. The zero-order valence-corrected chi connectivity index (χ0v) is 16.8. The highest BCUT2D eigenvalue weighted by atomic mass is 35.5. The monoisotopic (exact) mass is 430 g/mol. The molecule has 0 bridgehead atoms. The highest BCUT2D eigenvalue weighted by Gasteiger charge is 2.48. The zero-order chi connectivity index (χ0) is 19.6. The maximum atomic E-state index is 12.1. The lowest BCUT2D eigenvalue weighted by Gasteiger charge is -2.25. The fourth-order valence-electron chi connectivity index (χ4n) is 3.18. The van der Waals surface area contributed by atoms with E-state index in [1.807, 2.05) is 23.1 Å². The molecule has 1 amide bonds. The number of thioether (sulfide) groups is 1. The number of carbonyl (C=O) groups excluding carboxylic acids is 1. The molecule has 2 fully saturated rings. The van der Waals surface area contributed by atoms with Gasteiger partial charge in [-0.1, -0.05) is 41.6 Å². The molecule has 0 unspecified atom stereocenters. The Morgan fingerprint density at radius 1 is 1.26 bits per heavy atom. The molecule has 0 radical (unpaired) electrons. The van der Waals surface area contributed by atoms with Gasteiger partial charge in [-0.25, -0.2) is 8.42 Å². The minimum absolute atomic E-state index is 0.0291. The van der Waals surface area contributed by atoms with Crippen molar-refractivity contribution in [3.05, 3.63) is 34.9 Å². The molecule has 1 aromatic carbocycles. The van der Waals surface area contributed by atoms with Crippen LogP contribution in [0.1, 0.15) is 24.8 Å². The quantitative estimate of drug-likeness (QED) is 0.737. The topological polar surface area (TPSA) is 104 Å². The first-order chi connectivity index (χ1) is 12.7. The first kappa shape index (κ1) is 20.2. The number of rotatable bonds is 6. The molecule has 0 aromatic heterocycles. The largest absolute Gasteiger partial charge is 0.481 e. The van der Waals surface area contributed by atoms with E-state index >= 15 is 0 Å². The summed E-state index contributed by atoms with van der Waals surface area (Å²) in [5, 5.41) is 9.56. The van der Waals surface area contributed by atoms with Crippen LogP contribution in [-0.2, 0) is 26.0 Å². The van der Waals surface area contributed by atoms with E-state index in [0.717, 1.165) is 5.56 Å². The molecular weight excluding hydrogens is 412 g/mol. The normalized spacial score (nSPS) is 24.9. The second-order valence-corrected chi connectivity index (χ2v) is 10.3. The number of hydrogen-bond donors (Lipinski definition) is 1. The molecule has 1 N–H and O–H groups in total. The third-order valence-corrected chi connectivity index (χ3v) is 8.09. The first-order valence-corrected chi connectivity index (χ1v) is 11.5. The number of aliphatic imine (C=N–C) groups is 1. The summed E-state index contributed by atoms with van der Waals surface area (Å²) in [7, 11) is -3.12. The molecule has 0 aliphatic carbocycles. The van der Waals surface area contributed by atoms with E-state index in [1.165, 1.54) is 11.8 Å². The molecule has 0 saturated carbocycles. The average Bonchev–Trinajstić information content (AvgIpc) is 3.01. The molecule has 10 heteroatoms. The minimum atomic E-state index is -3.12. The van der Waals surface area contributed by atoms with E-state index < -0.39 is 21.7 Å². The molecule has 2 heterocycles. The SMILES string of the molecule is O=C(O)CCCC(=O)N=C1S[C@@H]2CS(=O)(=O)C[C@H]2N1Cc1ccccc1Cl. The second kappa shape index (κ2) is 8.20. The Morgan fingerprint density at radius 3 is 2.70 bits per heavy atom. The molecule has 3 rings (SSSR count). The Balaban J connectivity index is 1.79. The van der Waals surface area contributed by atoms with E-state index in [1.54, 1.807) is 6.07 Å². The zero-order valence-electron chi connectivity index (χ0n) is 14.4. The van der Waals surface area contributed by atoms with Gasteiger partial charge in [0, 0.05) is 29.7 Å². The molecule has 2 saturated heterocycles. The lowest BCUT2D eigenvalue weighted by Crippen LogP contribution is -2.37. The second-order valence-electron chi connectivity index (χ2n) is 6.56. The number of sulfone groups is 1. The molecule has 2 atom stereocenters. The predicted molar refractivity (Wildman–Crippen MR) is 105 cm³/mol. The van der Waals surface area contributed by atoms with Crippen molar-refractivity contribution >= 4 is 50.2 Å². The highest BCUT2D eigenvalue weighted by Crippen LogP contribution is 2.39. The maximum Gasteiger partial charge on any atom is 0.303 e. The molecule has 0 spiro atoms. The van der Waals surface area contributed by atoms with Crippen molar-refractivity contribution in [3.8, 4) is 0 Å². The van der Waals surface area contributed by atoms with Crippen LogP contribution in [0.5, 0.6) is 0 Å². The minimum Gasteiger partial charge on any atom is -0.481 e. The predicted octanol–water partition coefficient (Wildman–Crippen LogP) is 2.19. The van der Waals surface area contributed by atoms with Gasteiger partial charge in [0.2, 0.25) is 5.91 Å². The van der Waals surface area contributed by atoms with Crippen LogP contribution in [0.4, 0.5) is 0 Å². The smallest absolute Gasteiger partial charge is 0.303 e. The summed E-state index contributed by atoms with van der Waals surface area (Å²) in [6.07, 6.45) is 0.182. The summed E-state index contributed by atoms with van der Waals surface area (Å²) in [6, 6.07) is 7.03. The number of hydrogen-bond acceptors (Lipinski definition) is 5. The molecular formula is C17H19ClN2O5S2. The Labute approximate surface area is 166 Å². The summed E-state index contributed by atoms with van der Waals surface area (Å²) in [5.74, 6) is -1.26. The molecule has 146 valence electrons. The van der Waals surface area contributed by atoms with E-state index in [9.17, 15) is 18.0 Å². The van der Waals surface area contributed by atoms with Crippen molar-refractivity contribution in [3.63, 3.8) is 0 Å². The maximum absolute atomic E-state index is 12.1. The first-order valence-electron chi connectivity index (χ1n) is 8.45. The highest BCUT2D eigenvalue weighted by molar-refractivity contribution is 8.15. The van der Waals surface area contributed by atoms with Gasteiger partial charge in [0.15, 0.2) is 15.0 Å². The van der Waals surface area contributed by atoms with Gasteiger partial charge in [0.1, 0.15) is 0 Å². The van der Waals surface area contributed by atoms with Crippen molar-refractivity contribution < 1.29 is 23.1 Å². The van der Waals surface area contributed by atoms with Crippen LogP contribution in [0.2, 0.25) is 5.02 Å². The molecule has 7 nitrogen and oxygen atoms in total. The summed E-state index contributed by atoms with van der Waals surface area (Å²) in [4.78, 5) is 28.7. The van der Waals surface area contributed by atoms with Gasteiger partial charge in [-0.2, -0.15) is 4.99 Å². The molecule has 2 aliphatic heterocycles. The number of carboxylic acid groups (broad SMARTS) is 1. The Hall–Kier alpha value is -1.58. The van der Waals surface area contributed by atoms with Crippen LogP contribution in [0, 0.1) is 0 Å². The van der Waals surface area contributed by atoms with Gasteiger partial charge < -0.3 is 10.0 Å². The number of nitrogens with zero attached hydrogens (tertiary/aromatic N) is 2. The fourth-order valence-corrected chi connectivity index (χ4v) is 7.35. The van der Waals surface area contributed by atoms with Crippen molar-refractivity contribution in [1.29, 1.82) is 0 Å². The van der Waals surface area contributed by atoms with Gasteiger partial charge in [0.05, 0.1) is 17.5 Å². The number of aliphatic carboxylic acids is 1. The van der Waals surface area contributed by atoms with Crippen LogP contribution in [0.3, 0.4) is 0 Å². The van der Waals surface area contributed by atoms with Crippen LogP contribution in [0.15, 0.2) is 29.3 Å². The van der Waals surface area contributed by atoms with Gasteiger partial charge in [-0.15, -0.1) is 0 Å². The van der Waals surface area contributed by atoms with Crippen LogP contribution < -0.4 is 0 Å². The summed E-state index contributed by atoms with van der Waals surface area (Å²) in [5.41, 5.74) is 0.829. The lowest BCUT2D eigenvalue weighted by atomic mass is 10.1. The third kappa shape index (κ3) is 5.03. The van der Waals surface area contributed by atoms with E-state index in [-0.39, 0.29) is 42.1 Å². The number of carbonyl (C=O) groups is 2. The fraction of sp³-hybridized carbons (Fsp3) is 0.471. The number of amides is 1. The van der Waals surface area contributed by atoms with Crippen molar-refractivity contribution in [1.82, 2.24) is 4.90 Å². The summed E-state index contributed by atoms with van der Waals surface area (Å²) < 4.78 is 24.0. The average molecular weight is 431 g/mol. The third-order valence-electron chi connectivity index (χ3n) is 4.48. The Kier molecular flexibility index (Phi) is 6.12. The van der Waals surface area contributed by atoms with Crippen LogP contribution in [0.25, 0.3) is 0 Å². The van der Waals surface area contributed by atoms with Crippen LogP contribution >= 0.6 is 23.4 Å². The Bertz CT molecular complexity index is 887. The molecule has 2 aliphatic rings. The van der Waals surface area contributed by atoms with Crippen molar-refractivity contribution in [2.75, 3.05) is 11.5 Å². The lowest BCUT2D eigenvalue weighted by molar-refractivity contribution is -0.137. The molecule has 1 aromatic rings. The number of fused-ring (bicyclic) bond motifs is 1. The van der Waals surface area contributed by atoms with E-state index in [2.05, 4.69) is 4.99 Å². The summed E-state index contributed by atoms with van der Waals surface area (Å²) >= 11 is 7.54.